The Morgan fingerprint density at radius 2 is 1.40 bits per heavy atom. The maximum Gasteiger partial charge on any atom is 0.238 e. The number of allylic oxidation sites excluding steroid dienone is 4. The van der Waals surface area contributed by atoms with Crippen LogP contribution in [-0.4, -0.2) is 11.8 Å². The van der Waals surface area contributed by atoms with Crippen LogP contribution in [-0.2, 0) is 9.59 Å². The third-order valence-corrected chi connectivity index (χ3v) is 9.59. The number of fused-ring (bicyclic) bond motifs is 5. The number of carbonyl (C=O) groups is 2. The number of benzene rings is 1. The molecule has 1 aromatic carbocycles. The van der Waals surface area contributed by atoms with Gasteiger partial charge in [0, 0.05) is 16.9 Å². The van der Waals surface area contributed by atoms with E-state index >= 15 is 0 Å². The van der Waals surface area contributed by atoms with Gasteiger partial charge in [-0.1, -0.05) is 41.0 Å². The van der Waals surface area contributed by atoms with Crippen molar-refractivity contribution >= 4 is 29.1 Å². The topological polar surface area (TPSA) is 37.4 Å². The minimum absolute atomic E-state index is 0.0244. The molecule has 1 saturated heterocycles. The van der Waals surface area contributed by atoms with E-state index in [-0.39, 0.29) is 35.5 Å². The molecule has 4 heteroatoms. The third-order valence-electron chi connectivity index (χ3n) is 9.18. The van der Waals surface area contributed by atoms with Crippen LogP contribution in [0.25, 0.3) is 0 Å². The zero-order chi connectivity index (χ0) is 20.3. The molecule has 6 aliphatic carbocycles. The van der Waals surface area contributed by atoms with E-state index in [2.05, 4.69) is 12.2 Å². The standard InChI is InChI=1S/C26H26ClNO2/c1-12-2-3-17(11-20(12)27)28-25(29)23-18-4-5-19(24(23)26(28)30)22(18)21-15-7-13-6-14(9-15)10-16(21)8-13/h2-5,11,13-16,18-19,23-24H,6-10H2,1H3/t13?,14?,15?,16?,18-,19-,23-,24-/m0/s1. The van der Waals surface area contributed by atoms with Gasteiger partial charge in [0.1, 0.15) is 0 Å². The Morgan fingerprint density at radius 3 is 1.93 bits per heavy atom. The van der Waals surface area contributed by atoms with E-state index in [0.717, 1.165) is 29.2 Å². The summed E-state index contributed by atoms with van der Waals surface area (Å²) in [6.45, 7) is 1.93. The van der Waals surface area contributed by atoms with Crippen LogP contribution in [0.1, 0.15) is 37.7 Å². The van der Waals surface area contributed by atoms with Gasteiger partial charge in [-0.2, -0.15) is 0 Å². The smallest absolute Gasteiger partial charge is 0.238 e. The number of hydrogen-bond donors (Lipinski definition) is 0. The third kappa shape index (κ3) is 2.12. The number of hydrogen-bond acceptors (Lipinski definition) is 2. The number of anilines is 1. The Kier molecular flexibility index (Phi) is 3.48. The number of amides is 2. The number of aryl methyl sites for hydroxylation is 1. The first-order valence-corrected chi connectivity index (χ1v) is 11.9. The molecule has 1 heterocycles. The van der Waals surface area contributed by atoms with Crippen LogP contribution < -0.4 is 4.90 Å². The van der Waals surface area contributed by atoms with Crippen molar-refractivity contribution in [3.8, 4) is 0 Å². The van der Waals surface area contributed by atoms with Gasteiger partial charge in [0.2, 0.25) is 11.8 Å². The second-order valence-corrected chi connectivity index (χ2v) is 11.1. The first-order valence-electron chi connectivity index (χ1n) is 11.6. The molecule has 154 valence electrons. The van der Waals surface area contributed by atoms with Gasteiger partial charge in [-0.3, -0.25) is 9.59 Å². The predicted octanol–water partition coefficient (Wildman–Crippen LogP) is 5.32. The zero-order valence-corrected chi connectivity index (χ0v) is 17.9. The quantitative estimate of drug-likeness (QED) is 0.456. The van der Waals surface area contributed by atoms with E-state index in [1.807, 2.05) is 19.1 Å². The summed E-state index contributed by atoms with van der Waals surface area (Å²) < 4.78 is 0. The summed E-state index contributed by atoms with van der Waals surface area (Å²) in [6, 6.07) is 5.51. The zero-order valence-electron chi connectivity index (χ0n) is 17.2. The fourth-order valence-electron chi connectivity index (χ4n) is 8.29. The van der Waals surface area contributed by atoms with Crippen molar-refractivity contribution in [2.75, 3.05) is 4.90 Å². The molecule has 1 aromatic rings. The number of carbonyl (C=O) groups excluding carboxylic acids is 2. The molecule has 0 unspecified atom stereocenters. The number of halogens is 1. The summed E-state index contributed by atoms with van der Waals surface area (Å²) in [5, 5.41) is 0.600. The first kappa shape index (κ1) is 17.8. The van der Waals surface area contributed by atoms with Crippen molar-refractivity contribution in [2.45, 2.75) is 39.0 Å². The maximum atomic E-state index is 13.5. The molecule has 30 heavy (non-hydrogen) atoms. The first-order chi connectivity index (χ1) is 14.5. The second kappa shape index (κ2) is 5.88. The Balaban J connectivity index is 1.28. The highest BCUT2D eigenvalue weighted by molar-refractivity contribution is 6.32. The van der Waals surface area contributed by atoms with Gasteiger partial charge in [0.25, 0.3) is 0 Å². The molecule has 0 spiro atoms. The number of imide groups is 1. The van der Waals surface area contributed by atoms with Gasteiger partial charge in [-0.05, 0) is 80.4 Å². The predicted molar refractivity (Wildman–Crippen MR) is 116 cm³/mol. The molecule has 2 amide bonds. The van der Waals surface area contributed by atoms with Crippen LogP contribution in [0.3, 0.4) is 0 Å². The highest BCUT2D eigenvalue weighted by Gasteiger charge is 2.63. The molecular formula is C26H26ClNO2. The minimum atomic E-state index is -0.215. The maximum absolute atomic E-state index is 13.5. The second-order valence-electron chi connectivity index (χ2n) is 10.6. The van der Waals surface area contributed by atoms with Crippen LogP contribution in [0.4, 0.5) is 5.69 Å². The summed E-state index contributed by atoms with van der Waals surface area (Å²) in [7, 11) is 0. The van der Waals surface area contributed by atoms with E-state index in [1.54, 1.807) is 11.6 Å². The molecule has 3 nitrogen and oxygen atoms in total. The van der Waals surface area contributed by atoms with Crippen LogP contribution in [0.15, 0.2) is 41.5 Å². The van der Waals surface area contributed by atoms with E-state index < -0.39 is 0 Å². The van der Waals surface area contributed by atoms with Crippen molar-refractivity contribution in [2.24, 2.45) is 47.3 Å². The molecule has 0 aromatic heterocycles. The SMILES string of the molecule is Cc1ccc(N2C(=O)[C@@H]3[C@@H](C2=O)[C@H]2C=C[C@H]3C2=C2C3CC4CC(C3)CC2C4)cc1Cl. The van der Waals surface area contributed by atoms with Crippen LogP contribution in [0.2, 0.25) is 5.02 Å². The van der Waals surface area contributed by atoms with Gasteiger partial charge in [-0.25, -0.2) is 4.90 Å². The lowest BCUT2D eigenvalue weighted by Gasteiger charge is -2.52. The molecule has 5 saturated carbocycles. The molecule has 1 aliphatic heterocycles. The van der Waals surface area contributed by atoms with Crippen LogP contribution in [0, 0.1) is 54.3 Å². The lowest BCUT2D eigenvalue weighted by Crippen LogP contribution is -2.41. The lowest BCUT2D eigenvalue weighted by atomic mass is 9.53. The molecular weight excluding hydrogens is 394 g/mol. The molecule has 6 fully saturated rings. The average molecular weight is 420 g/mol. The van der Waals surface area contributed by atoms with E-state index in [0.29, 0.717) is 10.7 Å². The van der Waals surface area contributed by atoms with Crippen molar-refractivity contribution in [1.29, 1.82) is 0 Å². The Morgan fingerprint density at radius 1 is 0.833 bits per heavy atom. The average Bonchev–Trinajstić information content (AvgIpc) is 3.33. The van der Waals surface area contributed by atoms with Gasteiger partial charge in [-0.15, -0.1) is 0 Å². The van der Waals surface area contributed by atoms with E-state index in [9.17, 15) is 9.59 Å². The summed E-state index contributed by atoms with van der Waals surface area (Å²) in [4.78, 5) is 28.5. The summed E-state index contributed by atoms with van der Waals surface area (Å²) in [5.41, 5.74) is 4.75. The van der Waals surface area contributed by atoms with E-state index in [1.165, 1.54) is 42.6 Å². The molecule has 7 aliphatic rings. The largest absolute Gasteiger partial charge is 0.274 e. The Bertz CT molecular complexity index is 1000. The van der Waals surface area contributed by atoms with Gasteiger partial charge in [0.15, 0.2) is 0 Å². The number of rotatable bonds is 1. The molecule has 8 rings (SSSR count). The normalized spacial score (nSPS) is 42.8. The molecule has 0 N–H and O–H groups in total. The Labute approximate surface area is 182 Å². The van der Waals surface area contributed by atoms with Crippen molar-refractivity contribution < 1.29 is 9.59 Å². The van der Waals surface area contributed by atoms with E-state index in [4.69, 9.17) is 11.6 Å². The minimum Gasteiger partial charge on any atom is -0.274 e. The van der Waals surface area contributed by atoms with Crippen LogP contribution >= 0.6 is 11.6 Å². The highest BCUT2D eigenvalue weighted by Crippen LogP contribution is 2.63. The van der Waals surface area contributed by atoms with Crippen molar-refractivity contribution in [3.63, 3.8) is 0 Å². The van der Waals surface area contributed by atoms with Gasteiger partial charge in [0.05, 0.1) is 17.5 Å². The fraction of sp³-hybridized carbons (Fsp3) is 0.538. The van der Waals surface area contributed by atoms with Gasteiger partial charge >= 0.3 is 0 Å². The molecule has 4 atom stereocenters. The summed E-state index contributed by atoms with van der Waals surface area (Å²) >= 11 is 6.30. The summed E-state index contributed by atoms with van der Waals surface area (Å²) in [6.07, 6.45) is 11.3. The lowest BCUT2D eigenvalue weighted by molar-refractivity contribution is -0.122. The Hall–Kier alpha value is -1.87. The fourth-order valence-corrected chi connectivity index (χ4v) is 8.46. The van der Waals surface area contributed by atoms with Crippen LogP contribution in [0.5, 0.6) is 0 Å². The van der Waals surface area contributed by atoms with Crippen molar-refractivity contribution in [1.82, 2.24) is 0 Å². The molecule has 0 radical (unpaired) electrons. The van der Waals surface area contributed by atoms with Crippen molar-refractivity contribution in [3.05, 3.63) is 52.1 Å². The highest BCUT2D eigenvalue weighted by atomic mass is 35.5. The van der Waals surface area contributed by atoms with Gasteiger partial charge < -0.3 is 0 Å². The number of nitrogens with zero attached hydrogens (tertiary/aromatic N) is 1. The summed E-state index contributed by atoms with van der Waals surface area (Å²) in [5.74, 6) is 3.08. The molecule has 6 bridgehead atoms. The monoisotopic (exact) mass is 419 g/mol.